The summed E-state index contributed by atoms with van der Waals surface area (Å²) < 4.78 is 36.8. The van der Waals surface area contributed by atoms with Crippen molar-refractivity contribution in [3.63, 3.8) is 0 Å². The van der Waals surface area contributed by atoms with E-state index in [2.05, 4.69) is 17.4 Å². The van der Waals surface area contributed by atoms with Gasteiger partial charge in [-0.2, -0.15) is 0 Å². The number of rotatable bonds is 12. The minimum atomic E-state index is -3.57. The van der Waals surface area contributed by atoms with Crippen molar-refractivity contribution in [3.8, 4) is 5.75 Å². The predicted molar refractivity (Wildman–Crippen MR) is 168 cm³/mol. The Kier molecular flexibility index (Phi) is 11.3. The molecule has 10 heteroatoms. The van der Waals surface area contributed by atoms with Crippen LogP contribution in [0.15, 0.2) is 83.8 Å². The molecule has 44 heavy (non-hydrogen) atoms. The molecule has 2 N–H and O–H groups in total. The average Bonchev–Trinajstić information content (AvgIpc) is 2.97. The summed E-state index contributed by atoms with van der Waals surface area (Å²) in [7, 11) is -3.57. The van der Waals surface area contributed by atoms with Crippen LogP contribution in [0.4, 0.5) is 0 Å². The smallest absolute Gasteiger partial charge is 0.343 e. The molecule has 0 bridgehead atoms. The molecule has 0 amide bonds. The SMILES string of the molecule is CC(C)(C)OC(=O)CNCc1cccc(C(=O)Oc2ccc(S(=O)(=O)CCN3CCC(Cc4ccccc4)[C@H](O)C3)cc2)c1. The lowest BCUT2D eigenvalue weighted by Crippen LogP contribution is -2.46. The third kappa shape index (κ3) is 10.3. The number of ether oxygens (including phenoxy) is 2. The summed E-state index contributed by atoms with van der Waals surface area (Å²) >= 11 is 0. The normalized spacial score (nSPS) is 17.6. The molecule has 1 aliphatic heterocycles. The van der Waals surface area contributed by atoms with Gasteiger partial charge in [-0.05, 0) is 93.6 Å². The van der Waals surface area contributed by atoms with Gasteiger partial charge in [0.15, 0.2) is 9.84 Å². The maximum Gasteiger partial charge on any atom is 0.343 e. The molecule has 2 atom stereocenters. The Balaban J connectivity index is 1.24. The topological polar surface area (TPSA) is 122 Å². The largest absolute Gasteiger partial charge is 0.459 e. The quantitative estimate of drug-likeness (QED) is 0.228. The van der Waals surface area contributed by atoms with Crippen molar-refractivity contribution >= 4 is 21.8 Å². The minimum absolute atomic E-state index is 0.0381. The van der Waals surface area contributed by atoms with Crippen molar-refractivity contribution in [2.24, 2.45) is 5.92 Å². The van der Waals surface area contributed by atoms with Gasteiger partial charge < -0.3 is 19.9 Å². The second kappa shape index (κ2) is 14.9. The molecule has 3 aromatic carbocycles. The van der Waals surface area contributed by atoms with Crippen LogP contribution in [0.3, 0.4) is 0 Å². The summed E-state index contributed by atoms with van der Waals surface area (Å²) in [5.74, 6) is -0.633. The van der Waals surface area contributed by atoms with Crippen molar-refractivity contribution < 1.29 is 32.6 Å². The lowest BCUT2D eigenvalue weighted by Gasteiger charge is -2.36. The Morgan fingerprint density at radius 1 is 0.977 bits per heavy atom. The van der Waals surface area contributed by atoms with E-state index < -0.39 is 27.5 Å². The maximum atomic E-state index is 13.0. The number of aliphatic hydroxyl groups is 1. The summed E-state index contributed by atoms with van der Waals surface area (Å²) in [4.78, 5) is 26.8. The molecule has 0 aliphatic carbocycles. The number of hydrogen-bond donors (Lipinski definition) is 2. The van der Waals surface area contributed by atoms with Crippen LogP contribution in [0.1, 0.15) is 48.7 Å². The number of piperidine rings is 1. The van der Waals surface area contributed by atoms with Gasteiger partial charge in [0.05, 0.1) is 28.9 Å². The number of likely N-dealkylation sites (tertiary alicyclic amines) is 1. The Hall–Kier alpha value is -3.57. The van der Waals surface area contributed by atoms with E-state index in [1.165, 1.54) is 29.8 Å². The first-order chi connectivity index (χ1) is 20.9. The third-order valence-electron chi connectivity index (χ3n) is 7.40. The summed E-state index contributed by atoms with van der Waals surface area (Å²) in [6.07, 6.45) is 1.11. The molecule has 1 unspecified atom stereocenters. The van der Waals surface area contributed by atoms with E-state index in [9.17, 15) is 23.1 Å². The average molecular weight is 623 g/mol. The molecule has 0 radical (unpaired) electrons. The van der Waals surface area contributed by atoms with Crippen LogP contribution in [0.2, 0.25) is 0 Å². The van der Waals surface area contributed by atoms with Crippen LogP contribution in [-0.2, 0) is 32.3 Å². The van der Waals surface area contributed by atoms with Gasteiger partial charge in [0.25, 0.3) is 0 Å². The van der Waals surface area contributed by atoms with E-state index in [1.807, 2.05) is 29.2 Å². The number of aliphatic hydroxyl groups excluding tert-OH is 1. The first kappa shape index (κ1) is 33.3. The van der Waals surface area contributed by atoms with Gasteiger partial charge >= 0.3 is 11.9 Å². The fraction of sp³-hybridized carbons (Fsp3) is 0.412. The molecule has 1 aliphatic rings. The van der Waals surface area contributed by atoms with Gasteiger partial charge in [-0.25, -0.2) is 13.2 Å². The summed E-state index contributed by atoms with van der Waals surface area (Å²) in [5, 5.41) is 13.7. The number of carbonyl (C=O) groups is 2. The van der Waals surface area contributed by atoms with Gasteiger partial charge in [-0.1, -0.05) is 42.5 Å². The van der Waals surface area contributed by atoms with Gasteiger partial charge in [-0.3, -0.25) is 9.69 Å². The van der Waals surface area contributed by atoms with Gasteiger partial charge in [0.2, 0.25) is 0 Å². The number of hydrogen-bond acceptors (Lipinski definition) is 9. The highest BCUT2D eigenvalue weighted by Gasteiger charge is 2.28. The molecule has 1 heterocycles. The second-order valence-corrected chi connectivity index (χ2v) is 14.3. The number of benzene rings is 3. The lowest BCUT2D eigenvalue weighted by molar-refractivity contribution is -0.153. The Morgan fingerprint density at radius 3 is 2.36 bits per heavy atom. The molecule has 236 valence electrons. The van der Waals surface area contributed by atoms with Crippen LogP contribution < -0.4 is 10.1 Å². The molecule has 1 fully saturated rings. The first-order valence-corrected chi connectivity index (χ1v) is 16.5. The van der Waals surface area contributed by atoms with Crippen LogP contribution in [0.25, 0.3) is 0 Å². The minimum Gasteiger partial charge on any atom is -0.459 e. The van der Waals surface area contributed by atoms with Crippen molar-refractivity contribution in [3.05, 3.63) is 95.6 Å². The van der Waals surface area contributed by atoms with Gasteiger partial charge in [0, 0.05) is 19.6 Å². The number of esters is 2. The zero-order chi connectivity index (χ0) is 31.7. The number of sulfone groups is 1. The second-order valence-electron chi connectivity index (χ2n) is 12.2. The molecule has 9 nitrogen and oxygen atoms in total. The van der Waals surface area contributed by atoms with Crippen LogP contribution >= 0.6 is 0 Å². The molecule has 0 aromatic heterocycles. The molecule has 3 aromatic rings. The Labute approximate surface area is 260 Å². The van der Waals surface area contributed by atoms with E-state index in [4.69, 9.17) is 9.47 Å². The summed E-state index contributed by atoms with van der Waals surface area (Å²) in [6.45, 7) is 7.32. The zero-order valence-electron chi connectivity index (χ0n) is 25.6. The highest BCUT2D eigenvalue weighted by atomic mass is 32.2. The summed E-state index contributed by atoms with van der Waals surface area (Å²) in [5.41, 5.74) is 1.75. The number of nitrogens with zero attached hydrogens (tertiary/aromatic N) is 1. The van der Waals surface area contributed by atoms with E-state index in [-0.39, 0.29) is 34.8 Å². The van der Waals surface area contributed by atoms with E-state index >= 15 is 0 Å². The number of β-amino-alcohol motifs (C(OH)–C–C–N with tert-alkyl or cyclic N) is 1. The Morgan fingerprint density at radius 2 is 1.68 bits per heavy atom. The van der Waals surface area contributed by atoms with Crippen molar-refractivity contribution in [2.75, 3.05) is 31.9 Å². The standard InChI is InChI=1S/C34H42N2O7S/c1-34(2,3)43-32(38)23-35-22-26-10-7-11-28(21-26)33(39)42-29-12-14-30(15-13-29)44(40,41)19-18-36-17-16-27(31(37)24-36)20-25-8-5-4-6-9-25/h4-15,21,27,31,35,37H,16-20,22-24H2,1-3H3/t27?,31-/m1/s1. The Bertz CT molecular complexity index is 1500. The molecular weight excluding hydrogens is 580 g/mol. The number of carbonyl (C=O) groups excluding carboxylic acids is 2. The van der Waals surface area contributed by atoms with Crippen LogP contribution in [-0.4, -0.2) is 74.0 Å². The predicted octanol–water partition coefficient (Wildman–Crippen LogP) is 4.04. The lowest BCUT2D eigenvalue weighted by atomic mass is 9.88. The fourth-order valence-electron chi connectivity index (χ4n) is 5.15. The maximum absolute atomic E-state index is 13.0. The van der Waals surface area contributed by atoms with E-state index in [1.54, 1.807) is 39.0 Å². The molecular formula is C34H42N2O7S. The van der Waals surface area contributed by atoms with Crippen molar-refractivity contribution in [1.29, 1.82) is 0 Å². The number of nitrogens with one attached hydrogen (secondary N) is 1. The third-order valence-corrected chi connectivity index (χ3v) is 9.11. The van der Waals surface area contributed by atoms with Gasteiger partial charge in [-0.15, -0.1) is 0 Å². The van der Waals surface area contributed by atoms with Crippen molar-refractivity contribution in [2.45, 2.75) is 56.8 Å². The monoisotopic (exact) mass is 622 g/mol. The zero-order valence-corrected chi connectivity index (χ0v) is 26.4. The molecule has 0 saturated carbocycles. The van der Waals surface area contributed by atoms with Crippen LogP contribution in [0, 0.1) is 5.92 Å². The highest BCUT2D eigenvalue weighted by Crippen LogP contribution is 2.23. The van der Waals surface area contributed by atoms with Crippen molar-refractivity contribution in [1.82, 2.24) is 10.2 Å². The highest BCUT2D eigenvalue weighted by molar-refractivity contribution is 7.91. The van der Waals surface area contributed by atoms with Crippen LogP contribution in [0.5, 0.6) is 5.75 Å². The molecule has 1 saturated heterocycles. The van der Waals surface area contributed by atoms with Gasteiger partial charge in [0.1, 0.15) is 11.4 Å². The molecule has 4 rings (SSSR count). The summed E-state index contributed by atoms with van der Waals surface area (Å²) in [6, 6.07) is 22.7. The molecule has 0 spiro atoms. The fourth-order valence-corrected chi connectivity index (χ4v) is 6.43. The van der Waals surface area contributed by atoms with E-state index in [0.29, 0.717) is 25.2 Å². The van der Waals surface area contributed by atoms with E-state index in [0.717, 1.165) is 24.9 Å². The first-order valence-electron chi connectivity index (χ1n) is 14.9.